The van der Waals surface area contributed by atoms with Gasteiger partial charge in [-0.05, 0) is 72.8 Å². The molecule has 0 aromatic heterocycles. The molecule has 0 aliphatic rings. The lowest BCUT2D eigenvalue weighted by molar-refractivity contribution is -0.00100. The SMILES string of the molecule is [F-].[F-].[F-].[F-].[F-].[H+].[H+].[H+].[H+].c1ccc(P(=[N+]=P(c2ccccc2)(c2ccccc2)c2ccccc2)(c2ccccc2)c2ccccc2)cc1. The second-order valence-corrected chi connectivity index (χ2v) is 15.7. The fourth-order valence-corrected chi connectivity index (χ4v) is 14.8. The van der Waals surface area contributed by atoms with Crippen molar-refractivity contribution in [3.8, 4) is 0 Å². The Morgan fingerprint density at radius 2 is 0.386 bits per heavy atom. The van der Waals surface area contributed by atoms with Gasteiger partial charge in [0, 0.05) is 0 Å². The Balaban J connectivity index is -0.00000108. The molecule has 0 N–H and O–H groups in total. The molecule has 0 unspecified atom stereocenters. The summed E-state index contributed by atoms with van der Waals surface area (Å²) in [6.07, 6.45) is 0. The summed E-state index contributed by atoms with van der Waals surface area (Å²) in [4.78, 5) is 0. The average Bonchev–Trinajstić information content (AvgIpc) is 3.04. The van der Waals surface area contributed by atoms with Crippen molar-refractivity contribution >= 4 is 45.9 Å². The summed E-state index contributed by atoms with van der Waals surface area (Å²) in [5, 5.41) is 7.55. The van der Waals surface area contributed by atoms with Crippen LogP contribution in [0.15, 0.2) is 182 Å². The van der Waals surface area contributed by atoms with Crippen LogP contribution < -0.4 is 59.5 Å². The third kappa shape index (κ3) is 6.85. The molecule has 0 saturated carbocycles. The topological polar surface area (TPSA) is 14.1 Å². The zero-order valence-corrected chi connectivity index (χ0v) is 25.3. The van der Waals surface area contributed by atoms with E-state index in [0.29, 0.717) is 0 Å². The van der Waals surface area contributed by atoms with Crippen LogP contribution in [0.2, 0.25) is 0 Å². The smallest absolute Gasteiger partial charge is 1.00 e. The molecule has 0 saturated heterocycles. The van der Waals surface area contributed by atoms with Crippen LogP contribution >= 0.6 is 14.1 Å². The lowest BCUT2D eigenvalue weighted by Crippen LogP contribution is -3.00. The minimum atomic E-state index is -2.50. The van der Waals surface area contributed by atoms with Gasteiger partial charge in [-0.25, -0.2) is 0 Å². The average molecular weight is 638 g/mol. The first kappa shape index (κ1) is 37.6. The molecule has 6 aromatic rings. The Bertz CT molecular complexity index is 1470. The Morgan fingerprint density at radius 1 is 0.250 bits per heavy atom. The molecule has 6 rings (SSSR count). The van der Waals surface area contributed by atoms with E-state index in [2.05, 4.69) is 182 Å². The number of halogens is 5. The molecule has 0 atom stereocenters. The van der Waals surface area contributed by atoms with Gasteiger partial charge in [0.1, 0.15) is 0 Å². The molecule has 0 bridgehead atoms. The summed E-state index contributed by atoms with van der Waals surface area (Å²) in [5.41, 5.74) is 0. The standard InChI is InChI=1S/C36H30NP2.5FH/c1-7-19-31(20-8-1)38(32-21-9-2-10-22-32,33-23-11-3-12-24-33)37-39(34-25-13-4-14-26-34,35-27-15-5-16-28-35)36-29-17-6-18-30-36;;;;;/h1-30H;5*1H/q+1;;;;;/p-1. The van der Waals surface area contributed by atoms with Gasteiger partial charge in [-0.15, -0.1) is 4.17 Å². The fourth-order valence-electron chi connectivity index (χ4n) is 5.27. The van der Waals surface area contributed by atoms with Gasteiger partial charge >= 0.3 is 19.8 Å². The van der Waals surface area contributed by atoms with Gasteiger partial charge in [0.05, 0.1) is 31.8 Å². The van der Waals surface area contributed by atoms with Crippen LogP contribution in [-0.2, 0) is 0 Å². The van der Waals surface area contributed by atoms with Gasteiger partial charge in [-0.3, -0.25) is 0 Å². The molecule has 0 heterocycles. The van der Waals surface area contributed by atoms with Gasteiger partial charge in [0.15, 0.2) is 0 Å². The first-order valence-electron chi connectivity index (χ1n) is 13.2. The van der Waals surface area contributed by atoms with E-state index < -0.39 is 14.1 Å². The van der Waals surface area contributed by atoms with E-state index in [0.717, 1.165) is 0 Å². The highest BCUT2D eigenvalue weighted by Crippen LogP contribution is 2.50. The second-order valence-electron chi connectivity index (χ2n) is 9.37. The molecule has 0 aliphatic heterocycles. The molecule has 228 valence electrons. The minimum absolute atomic E-state index is 0. The first-order valence-corrected chi connectivity index (χ1v) is 16.7. The van der Waals surface area contributed by atoms with E-state index in [4.69, 9.17) is 4.17 Å². The van der Waals surface area contributed by atoms with Crippen molar-refractivity contribution in [3.63, 3.8) is 0 Å². The molecule has 0 aliphatic carbocycles. The van der Waals surface area contributed by atoms with E-state index >= 15 is 0 Å². The van der Waals surface area contributed by atoms with Gasteiger partial charge in [0.25, 0.3) is 0 Å². The van der Waals surface area contributed by atoms with Gasteiger partial charge in [-0.2, -0.15) is 0 Å². The maximum Gasteiger partial charge on any atom is 1.00 e. The zero-order valence-electron chi connectivity index (χ0n) is 27.6. The lowest BCUT2D eigenvalue weighted by atomic mass is 10.4. The minimum Gasteiger partial charge on any atom is -1.00 e. The molecular weight excluding hydrogens is 603 g/mol. The molecule has 1 nitrogen and oxygen atoms in total. The summed E-state index contributed by atoms with van der Waals surface area (Å²) in [7, 11) is -4.99. The van der Waals surface area contributed by atoms with Crippen molar-refractivity contribution in [2.75, 3.05) is 0 Å². The molecule has 0 spiro atoms. The molecule has 0 amide bonds. The highest BCUT2D eigenvalue weighted by molar-refractivity contribution is 7.93. The van der Waals surface area contributed by atoms with Crippen molar-refractivity contribution in [3.05, 3.63) is 182 Å². The lowest BCUT2D eigenvalue weighted by Gasteiger charge is -2.20. The predicted octanol–water partition coefficient (Wildman–Crippen LogP) is -8.12. The van der Waals surface area contributed by atoms with Crippen molar-refractivity contribution in [1.82, 2.24) is 4.17 Å². The van der Waals surface area contributed by atoms with Crippen molar-refractivity contribution in [2.45, 2.75) is 0 Å². The third-order valence-corrected chi connectivity index (χ3v) is 15.5. The van der Waals surface area contributed by atoms with Gasteiger partial charge in [0.2, 0.25) is 0 Å². The maximum absolute atomic E-state index is 6.38. The zero-order chi connectivity index (χ0) is 26.4. The van der Waals surface area contributed by atoms with E-state index in [1.807, 2.05) is 0 Å². The number of hydrogen-bond donors (Lipinski definition) is 0. The molecule has 0 fully saturated rings. The van der Waals surface area contributed by atoms with Crippen LogP contribution in [0.3, 0.4) is 0 Å². The molecule has 0 radical (unpaired) electrons. The Labute approximate surface area is 261 Å². The van der Waals surface area contributed by atoms with Crippen LogP contribution in [0.1, 0.15) is 5.71 Å². The number of nitrogens with zero attached hydrogens (tertiary/aromatic N) is 1. The fraction of sp³-hybridized carbons (Fsp3) is 0. The van der Waals surface area contributed by atoms with E-state index in [9.17, 15) is 0 Å². The van der Waals surface area contributed by atoms with Gasteiger partial charge < -0.3 is 23.5 Å². The summed E-state index contributed by atoms with van der Waals surface area (Å²) < 4.78 is 6.38. The summed E-state index contributed by atoms with van der Waals surface area (Å²) in [6, 6.07) is 65.7. The predicted molar refractivity (Wildman–Crippen MR) is 177 cm³/mol. The van der Waals surface area contributed by atoms with Crippen LogP contribution in [-0.4, -0.2) is 0 Å². The summed E-state index contributed by atoms with van der Waals surface area (Å²) in [6.45, 7) is 0. The Hall–Kier alpha value is -4.46. The highest BCUT2D eigenvalue weighted by Gasteiger charge is 2.44. The Morgan fingerprint density at radius 3 is 0.523 bits per heavy atom. The molecular formula is C36H34F5NP2. The monoisotopic (exact) mass is 637 g/mol. The number of hydrogen-bond acceptors (Lipinski definition) is 0. The maximum atomic E-state index is 6.38. The third-order valence-electron chi connectivity index (χ3n) is 7.05. The highest BCUT2D eigenvalue weighted by atomic mass is 31.2. The number of rotatable bonds is 6. The van der Waals surface area contributed by atoms with E-state index in [1.165, 1.54) is 31.8 Å². The van der Waals surface area contributed by atoms with E-state index in [-0.39, 0.29) is 29.2 Å². The summed E-state index contributed by atoms with van der Waals surface area (Å²) in [5.74, 6) is 0. The van der Waals surface area contributed by atoms with Crippen LogP contribution in [0.25, 0.3) is 0 Å². The van der Waals surface area contributed by atoms with Crippen molar-refractivity contribution in [1.29, 1.82) is 0 Å². The quantitative estimate of drug-likeness (QED) is 0.0980. The van der Waals surface area contributed by atoms with Crippen molar-refractivity contribution in [2.24, 2.45) is 0 Å². The van der Waals surface area contributed by atoms with Crippen LogP contribution in [0, 0.1) is 0 Å². The van der Waals surface area contributed by atoms with E-state index in [1.54, 1.807) is 0 Å². The first-order chi connectivity index (χ1) is 19.3. The van der Waals surface area contributed by atoms with Crippen LogP contribution in [0.4, 0.5) is 0 Å². The largest absolute Gasteiger partial charge is 1.00 e. The van der Waals surface area contributed by atoms with Gasteiger partial charge in [-0.1, -0.05) is 109 Å². The van der Waals surface area contributed by atoms with Crippen molar-refractivity contribution < 1.29 is 29.2 Å². The normalized spacial score (nSPS) is 10.2. The molecule has 6 aromatic carbocycles. The molecule has 44 heavy (non-hydrogen) atoms. The molecule has 8 heteroatoms. The summed E-state index contributed by atoms with van der Waals surface area (Å²) >= 11 is 0. The second kappa shape index (κ2) is 17.0. The Kier molecular flexibility index (Phi) is 14.5. The van der Waals surface area contributed by atoms with Crippen LogP contribution in [0.5, 0.6) is 0 Å². The number of benzene rings is 6.